The van der Waals surface area contributed by atoms with Gasteiger partial charge >= 0.3 is 0 Å². The van der Waals surface area contributed by atoms with E-state index < -0.39 is 0 Å². The predicted molar refractivity (Wildman–Crippen MR) is 70.2 cm³/mol. The van der Waals surface area contributed by atoms with Gasteiger partial charge in [0.15, 0.2) is 0 Å². The van der Waals surface area contributed by atoms with E-state index in [9.17, 15) is 0 Å². The average molecular weight is 249 g/mol. The molecule has 2 nitrogen and oxygen atoms in total. The van der Waals surface area contributed by atoms with Crippen LogP contribution < -0.4 is 5.73 Å². The van der Waals surface area contributed by atoms with Crippen LogP contribution in [0.5, 0.6) is 0 Å². The third kappa shape index (κ3) is 4.17. The van der Waals surface area contributed by atoms with Crippen molar-refractivity contribution in [1.82, 2.24) is 4.90 Å². The first-order chi connectivity index (χ1) is 6.09. The zero-order valence-electron chi connectivity index (χ0n) is 8.06. The molecule has 0 aliphatic rings. The van der Waals surface area contributed by atoms with Gasteiger partial charge in [0.05, 0.1) is 0 Å². The highest BCUT2D eigenvalue weighted by molar-refractivity contribution is 8.22. The fraction of sp³-hybridized carbons (Fsp3) is 0.222. The molecule has 1 rings (SSSR count). The molecule has 78 valence electrons. The molecule has 0 aromatic heterocycles. The van der Waals surface area contributed by atoms with Gasteiger partial charge in [0.2, 0.25) is 0 Å². The quantitative estimate of drug-likeness (QED) is 0.470. The second kappa shape index (κ2) is 6.11. The van der Waals surface area contributed by atoms with E-state index in [2.05, 4.69) is 0 Å². The number of hydrogen-bond acceptors (Lipinski definition) is 3. The Morgan fingerprint density at radius 2 is 1.79 bits per heavy atom. The van der Waals surface area contributed by atoms with E-state index in [1.807, 2.05) is 43.3 Å². The van der Waals surface area contributed by atoms with Crippen molar-refractivity contribution in [2.75, 3.05) is 19.8 Å². The third-order valence-corrected chi connectivity index (χ3v) is 3.11. The number of nitrogen functional groups attached to an aromatic ring is 1. The van der Waals surface area contributed by atoms with Gasteiger partial charge in [0.25, 0.3) is 0 Å². The number of thiocarbonyl (C=S) groups is 1. The van der Waals surface area contributed by atoms with E-state index in [0.717, 1.165) is 14.9 Å². The molecule has 0 amide bonds. The van der Waals surface area contributed by atoms with Crippen LogP contribution in [0.15, 0.2) is 29.2 Å². The number of thioether (sulfide) groups is 1. The lowest BCUT2D eigenvalue weighted by Crippen LogP contribution is -2.15. The number of rotatable bonds is 1. The van der Waals surface area contributed by atoms with Crippen molar-refractivity contribution in [3.63, 3.8) is 0 Å². The van der Waals surface area contributed by atoms with Gasteiger partial charge in [0.1, 0.15) is 4.32 Å². The zero-order valence-corrected chi connectivity index (χ0v) is 10.5. The Morgan fingerprint density at radius 3 is 2.21 bits per heavy atom. The summed E-state index contributed by atoms with van der Waals surface area (Å²) >= 11 is 6.71. The van der Waals surface area contributed by atoms with Gasteiger partial charge in [0, 0.05) is 24.7 Å². The monoisotopic (exact) mass is 248 g/mol. The molecule has 5 heteroatoms. The second-order valence-electron chi connectivity index (χ2n) is 2.83. The Labute approximate surface area is 100 Å². The molecule has 0 saturated heterocycles. The highest BCUT2D eigenvalue weighted by Gasteiger charge is 2.01. The predicted octanol–water partition coefficient (Wildman–Crippen LogP) is 2.63. The minimum atomic E-state index is 0. The minimum Gasteiger partial charge on any atom is -0.399 e. The molecule has 0 aliphatic heterocycles. The minimum absolute atomic E-state index is 0. The van der Waals surface area contributed by atoms with E-state index >= 15 is 0 Å². The summed E-state index contributed by atoms with van der Waals surface area (Å²) in [6, 6.07) is 7.69. The number of halogens is 1. The summed E-state index contributed by atoms with van der Waals surface area (Å²) < 4.78 is 0.852. The summed E-state index contributed by atoms with van der Waals surface area (Å²) in [5.41, 5.74) is 6.34. The highest BCUT2D eigenvalue weighted by Crippen LogP contribution is 2.21. The molecule has 1 aromatic carbocycles. The van der Waals surface area contributed by atoms with Crippen molar-refractivity contribution in [2.24, 2.45) is 0 Å². The molecule has 0 atom stereocenters. The van der Waals surface area contributed by atoms with Gasteiger partial charge < -0.3 is 10.6 Å². The number of nitrogens with zero attached hydrogens (tertiary/aromatic N) is 1. The summed E-state index contributed by atoms with van der Waals surface area (Å²) in [5.74, 6) is 0. The Hall–Kier alpha value is -0.450. The van der Waals surface area contributed by atoms with Gasteiger partial charge in [-0.2, -0.15) is 0 Å². The molecule has 0 heterocycles. The van der Waals surface area contributed by atoms with Gasteiger partial charge in [-0.1, -0.05) is 24.0 Å². The second-order valence-corrected chi connectivity index (χ2v) is 4.54. The molecule has 0 bridgehead atoms. The van der Waals surface area contributed by atoms with E-state index in [1.54, 1.807) is 11.8 Å². The maximum Gasteiger partial charge on any atom is 0.140 e. The number of benzene rings is 1. The number of nitrogens with two attached hydrogens (primary N) is 1. The van der Waals surface area contributed by atoms with Crippen molar-refractivity contribution in [3.8, 4) is 0 Å². The smallest absolute Gasteiger partial charge is 0.140 e. The lowest BCUT2D eigenvalue weighted by Gasteiger charge is -2.12. The van der Waals surface area contributed by atoms with Gasteiger partial charge in [-0.05, 0) is 24.3 Å². The van der Waals surface area contributed by atoms with Crippen LogP contribution >= 0.6 is 36.4 Å². The van der Waals surface area contributed by atoms with E-state index in [4.69, 9.17) is 18.0 Å². The average Bonchev–Trinajstić information content (AvgIpc) is 2.08. The topological polar surface area (TPSA) is 29.3 Å². The third-order valence-electron chi connectivity index (χ3n) is 1.45. The molecular formula is C9H13ClN2S2. The van der Waals surface area contributed by atoms with E-state index in [-0.39, 0.29) is 12.4 Å². The lowest BCUT2D eigenvalue weighted by molar-refractivity contribution is 0.648. The summed E-state index contributed by atoms with van der Waals surface area (Å²) in [4.78, 5) is 3.03. The molecule has 14 heavy (non-hydrogen) atoms. The van der Waals surface area contributed by atoms with Crippen LogP contribution in [0.25, 0.3) is 0 Å². The first-order valence-corrected chi connectivity index (χ1v) is 5.07. The summed E-state index contributed by atoms with van der Waals surface area (Å²) in [6.45, 7) is 0. The van der Waals surface area contributed by atoms with Gasteiger partial charge in [-0.25, -0.2) is 0 Å². The van der Waals surface area contributed by atoms with Crippen molar-refractivity contribution >= 4 is 46.4 Å². The SMILES string of the molecule is CN(C)C(=S)Sc1ccc(N)cc1.Cl. The Morgan fingerprint density at radius 1 is 1.29 bits per heavy atom. The molecule has 0 unspecified atom stereocenters. The number of hydrogen-bond donors (Lipinski definition) is 1. The molecule has 2 N–H and O–H groups in total. The summed E-state index contributed by atoms with van der Waals surface area (Å²) in [7, 11) is 3.87. The van der Waals surface area contributed by atoms with Crippen molar-refractivity contribution in [3.05, 3.63) is 24.3 Å². The highest BCUT2D eigenvalue weighted by atomic mass is 35.5. The fourth-order valence-corrected chi connectivity index (χ4v) is 1.67. The maximum atomic E-state index is 5.56. The van der Waals surface area contributed by atoms with E-state index in [0.29, 0.717) is 0 Å². The normalized spacial score (nSPS) is 9.00. The van der Waals surface area contributed by atoms with Crippen LogP contribution in [-0.4, -0.2) is 23.3 Å². The standard InChI is InChI=1S/C9H12N2S2.ClH/c1-11(2)9(12)13-8-5-3-7(10)4-6-8;/h3-6H,10H2,1-2H3;1H. The molecule has 1 aromatic rings. The number of anilines is 1. The van der Waals surface area contributed by atoms with Crippen LogP contribution in [0.2, 0.25) is 0 Å². The first kappa shape index (κ1) is 13.5. The van der Waals surface area contributed by atoms with Crippen molar-refractivity contribution in [2.45, 2.75) is 4.90 Å². The Balaban J connectivity index is 0.00000169. The van der Waals surface area contributed by atoms with Crippen molar-refractivity contribution < 1.29 is 0 Å². The lowest BCUT2D eigenvalue weighted by atomic mass is 10.3. The van der Waals surface area contributed by atoms with Crippen LogP contribution in [0, 0.1) is 0 Å². The van der Waals surface area contributed by atoms with Gasteiger partial charge in [-0.15, -0.1) is 12.4 Å². The molecule has 0 fully saturated rings. The van der Waals surface area contributed by atoms with Crippen LogP contribution in [0.4, 0.5) is 5.69 Å². The summed E-state index contributed by atoms with van der Waals surface area (Å²) in [5, 5.41) is 0. The molecule has 0 saturated carbocycles. The molecule has 0 spiro atoms. The van der Waals surface area contributed by atoms with Gasteiger partial charge in [-0.3, -0.25) is 0 Å². The van der Waals surface area contributed by atoms with Crippen LogP contribution in [0.1, 0.15) is 0 Å². The Kier molecular flexibility index (Phi) is 5.92. The fourth-order valence-electron chi connectivity index (χ4n) is 0.728. The largest absolute Gasteiger partial charge is 0.399 e. The maximum absolute atomic E-state index is 5.56. The van der Waals surface area contributed by atoms with Crippen LogP contribution in [-0.2, 0) is 0 Å². The van der Waals surface area contributed by atoms with Crippen LogP contribution in [0.3, 0.4) is 0 Å². The zero-order chi connectivity index (χ0) is 9.84. The van der Waals surface area contributed by atoms with E-state index in [1.165, 1.54) is 0 Å². The Bertz CT molecular complexity index is 298. The van der Waals surface area contributed by atoms with Crippen molar-refractivity contribution in [1.29, 1.82) is 0 Å². The summed E-state index contributed by atoms with van der Waals surface area (Å²) in [6.07, 6.45) is 0. The first-order valence-electron chi connectivity index (χ1n) is 3.84. The molecular weight excluding hydrogens is 236 g/mol. The molecule has 0 aliphatic carbocycles. The molecule has 0 radical (unpaired) electrons.